The van der Waals surface area contributed by atoms with E-state index in [1.54, 1.807) is 24.1 Å². The molecule has 1 aromatic rings. The van der Waals surface area contributed by atoms with Gasteiger partial charge in [-0.05, 0) is 37.0 Å². The Morgan fingerprint density at radius 1 is 1.29 bits per heavy atom. The molecule has 1 fully saturated rings. The maximum Gasteiger partial charge on any atom is 0.306 e. The van der Waals surface area contributed by atoms with Crippen molar-refractivity contribution < 1.29 is 14.7 Å². The number of amides is 1. The number of carbonyl (C=O) groups excluding carboxylic acids is 1. The standard InChI is InChI=1S/C16H18N2O3/c1-18(10-12-4-2-11(9-17)3-5-12)15(19)13-6-7-14(8-13)16(20)21/h2-5,13-14H,6-8,10H2,1H3,(H,20,21). The third-order valence-electron chi connectivity index (χ3n) is 4.01. The highest BCUT2D eigenvalue weighted by Gasteiger charge is 2.35. The second-order valence-corrected chi connectivity index (χ2v) is 5.55. The van der Waals surface area contributed by atoms with E-state index in [1.807, 2.05) is 12.1 Å². The topological polar surface area (TPSA) is 81.4 Å². The molecule has 1 amide bonds. The van der Waals surface area contributed by atoms with Gasteiger partial charge in [-0.25, -0.2) is 0 Å². The van der Waals surface area contributed by atoms with Crippen molar-refractivity contribution in [3.05, 3.63) is 35.4 Å². The van der Waals surface area contributed by atoms with E-state index >= 15 is 0 Å². The number of benzene rings is 1. The van der Waals surface area contributed by atoms with E-state index in [1.165, 1.54) is 0 Å². The Morgan fingerprint density at radius 3 is 2.43 bits per heavy atom. The molecule has 1 N–H and O–H groups in total. The van der Waals surface area contributed by atoms with Gasteiger partial charge in [0.2, 0.25) is 5.91 Å². The largest absolute Gasteiger partial charge is 0.481 e. The van der Waals surface area contributed by atoms with Crippen LogP contribution in [0.4, 0.5) is 0 Å². The average Bonchev–Trinajstić information content (AvgIpc) is 2.97. The van der Waals surface area contributed by atoms with Gasteiger partial charge >= 0.3 is 5.97 Å². The van der Waals surface area contributed by atoms with Gasteiger partial charge in [0.1, 0.15) is 0 Å². The summed E-state index contributed by atoms with van der Waals surface area (Å²) in [5.41, 5.74) is 1.55. The van der Waals surface area contributed by atoms with Crippen LogP contribution in [-0.4, -0.2) is 28.9 Å². The first kappa shape index (κ1) is 15.0. The lowest BCUT2D eigenvalue weighted by Gasteiger charge is -2.21. The molecule has 0 aromatic heterocycles. The van der Waals surface area contributed by atoms with Gasteiger partial charge < -0.3 is 10.0 Å². The van der Waals surface area contributed by atoms with Crippen LogP contribution in [-0.2, 0) is 16.1 Å². The summed E-state index contributed by atoms with van der Waals surface area (Å²) in [5, 5.41) is 17.7. The minimum Gasteiger partial charge on any atom is -0.481 e. The van der Waals surface area contributed by atoms with Crippen molar-refractivity contribution in [2.75, 3.05) is 7.05 Å². The lowest BCUT2D eigenvalue weighted by molar-refractivity contribution is -0.141. The van der Waals surface area contributed by atoms with Gasteiger partial charge in [0.15, 0.2) is 0 Å². The van der Waals surface area contributed by atoms with E-state index < -0.39 is 5.97 Å². The monoisotopic (exact) mass is 286 g/mol. The molecule has 0 heterocycles. The fraction of sp³-hybridized carbons (Fsp3) is 0.438. The lowest BCUT2D eigenvalue weighted by atomic mass is 10.0. The fourth-order valence-corrected chi connectivity index (χ4v) is 2.78. The zero-order valence-corrected chi connectivity index (χ0v) is 12.0. The third kappa shape index (κ3) is 3.60. The number of nitriles is 1. The molecule has 5 nitrogen and oxygen atoms in total. The number of carboxylic acids is 1. The van der Waals surface area contributed by atoms with Crippen molar-refractivity contribution in [3.8, 4) is 6.07 Å². The van der Waals surface area contributed by atoms with E-state index in [-0.39, 0.29) is 17.7 Å². The molecule has 1 aromatic carbocycles. The third-order valence-corrected chi connectivity index (χ3v) is 4.01. The maximum absolute atomic E-state index is 12.3. The van der Waals surface area contributed by atoms with Crippen LogP contribution in [0.3, 0.4) is 0 Å². The molecule has 0 spiro atoms. The molecular formula is C16H18N2O3. The van der Waals surface area contributed by atoms with Crippen LogP contribution in [0.2, 0.25) is 0 Å². The first-order chi connectivity index (χ1) is 10.0. The van der Waals surface area contributed by atoms with Gasteiger partial charge in [0.25, 0.3) is 0 Å². The molecule has 0 radical (unpaired) electrons. The normalized spacial score (nSPS) is 20.8. The Morgan fingerprint density at radius 2 is 1.90 bits per heavy atom. The van der Waals surface area contributed by atoms with E-state index in [9.17, 15) is 9.59 Å². The number of carbonyl (C=O) groups is 2. The van der Waals surface area contributed by atoms with Gasteiger partial charge in [-0.2, -0.15) is 5.26 Å². The number of nitrogens with zero attached hydrogens (tertiary/aromatic N) is 2. The highest BCUT2D eigenvalue weighted by Crippen LogP contribution is 2.32. The van der Waals surface area contributed by atoms with E-state index in [4.69, 9.17) is 10.4 Å². The SMILES string of the molecule is CN(Cc1ccc(C#N)cc1)C(=O)C1CCC(C(=O)O)C1. The Labute approximate surface area is 123 Å². The summed E-state index contributed by atoms with van der Waals surface area (Å²) >= 11 is 0. The Bertz CT molecular complexity index is 574. The molecule has 2 atom stereocenters. The molecule has 1 aliphatic rings. The fourth-order valence-electron chi connectivity index (χ4n) is 2.78. The van der Waals surface area contributed by atoms with Crippen molar-refractivity contribution in [3.63, 3.8) is 0 Å². The Balaban J connectivity index is 1.93. The Hall–Kier alpha value is -2.35. The summed E-state index contributed by atoms with van der Waals surface area (Å²) in [5.74, 6) is -1.38. The highest BCUT2D eigenvalue weighted by atomic mass is 16.4. The number of hydrogen-bond donors (Lipinski definition) is 1. The molecule has 21 heavy (non-hydrogen) atoms. The Kier molecular flexibility index (Phi) is 4.59. The zero-order chi connectivity index (χ0) is 15.4. The molecular weight excluding hydrogens is 268 g/mol. The molecule has 0 saturated heterocycles. The van der Waals surface area contributed by atoms with E-state index in [0.717, 1.165) is 5.56 Å². The summed E-state index contributed by atoms with van der Waals surface area (Å²) in [6.45, 7) is 0.471. The average molecular weight is 286 g/mol. The van der Waals surface area contributed by atoms with Crippen molar-refractivity contribution in [1.29, 1.82) is 5.26 Å². The van der Waals surface area contributed by atoms with Crippen LogP contribution in [0.25, 0.3) is 0 Å². The van der Waals surface area contributed by atoms with Crippen LogP contribution in [0, 0.1) is 23.2 Å². The van der Waals surface area contributed by atoms with Crippen molar-refractivity contribution in [2.45, 2.75) is 25.8 Å². The van der Waals surface area contributed by atoms with Crippen LogP contribution in [0.1, 0.15) is 30.4 Å². The van der Waals surface area contributed by atoms with Gasteiger partial charge in [0.05, 0.1) is 17.6 Å². The minimum atomic E-state index is -0.806. The second-order valence-electron chi connectivity index (χ2n) is 5.55. The summed E-state index contributed by atoms with van der Waals surface area (Å²) < 4.78 is 0. The summed E-state index contributed by atoms with van der Waals surface area (Å²) in [6.07, 6.45) is 1.66. The van der Waals surface area contributed by atoms with Crippen molar-refractivity contribution in [2.24, 2.45) is 11.8 Å². The molecule has 2 unspecified atom stereocenters. The smallest absolute Gasteiger partial charge is 0.306 e. The quantitative estimate of drug-likeness (QED) is 0.918. The van der Waals surface area contributed by atoms with Crippen molar-refractivity contribution in [1.82, 2.24) is 4.90 Å². The molecule has 0 bridgehead atoms. The van der Waals surface area contributed by atoms with Gasteiger partial charge in [-0.1, -0.05) is 12.1 Å². The predicted octanol–water partition coefficient (Wildman–Crippen LogP) is 2.02. The summed E-state index contributed by atoms with van der Waals surface area (Å²) in [7, 11) is 1.73. The first-order valence-corrected chi connectivity index (χ1v) is 6.98. The number of hydrogen-bond acceptors (Lipinski definition) is 3. The van der Waals surface area contributed by atoms with Crippen LogP contribution in [0.15, 0.2) is 24.3 Å². The van der Waals surface area contributed by atoms with Gasteiger partial charge in [0, 0.05) is 19.5 Å². The number of rotatable bonds is 4. The molecule has 0 aliphatic heterocycles. The predicted molar refractivity (Wildman–Crippen MR) is 76.1 cm³/mol. The number of carboxylic acid groups (broad SMARTS) is 1. The molecule has 110 valence electrons. The zero-order valence-electron chi connectivity index (χ0n) is 12.0. The van der Waals surface area contributed by atoms with Crippen LogP contribution in [0.5, 0.6) is 0 Å². The van der Waals surface area contributed by atoms with Gasteiger partial charge in [-0.3, -0.25) is 9.59 Å². The molecule has 2 rings (SSSR count). The maximum atomic E-state index is 12.3. The highest BCUT2D eigenvalue weighted by molar-refractivity contribution is 5.80. The second kappa shape index (κ2) is 6.40. The van der Waals surface area contributed by atoms with E-state index in [0.29, 0.717) is 31.4 Å². The molecule has 1 saturated carbocycles. The molecule has 5 heteroatoms. The minimum absolute atomic E-state index is 0.00288. The van der Waals surface area contributed by atoms with Crippen LogP contribution >= 0.6 is 0 Å². The lowest BCUT2D eigenvalue weighted by Crippen LogP contribution is -2.31. The van der Waals surface area contributed by atoms with Crippen molar-refractivity contribution >= 4 is 11.9 Å². The summed E-state index contributed by atoms with van der Waals surface area (Å²) in [4.78, 5) is 24.9. The van der Waals surface area contributed by atoms with Crippen LogP contribution < -0.4 is 0 Å². The summed E-state index contributed by atoms with van der Waals surface area (Å²) in [6, 6.07) is 9.17. The molecule has 1 aliphatic carbocycles. The van der Waals surface area contributed by atoms with Gasteiger partial charge in [-0.15, -0.1) is 0 Å². The first-order valence-electron chi connectivity index (χ1n) is 6.98. The number of aliphatic carboxylic acids is 1. The van der Waals surface area contributed by atoms with E-state index in [2.05, 4.69) is 6.07 Å².